The summed E-state index contributed by atoms with van der Waals surface area (Å²) in [5, 5.41) is 0. The van der Waals surface area contributed by atoms with Gasteiger partial charge in [-0.05, 0) is 55.2 Å². The summed E-state index contributed by atoms with van der Waals surface area (Å²) in [6.45, 7) is 2.20. The predicted octanol–water partition coefficient (Wildman–Crippen LogP) is 4.58. The van der Waals surface area contributed by atoms with Crippen LogP contribution in [0.1, 0.15) is 44.6 Å². The quantitative estimate of drug-likeness (QED) is 0.745. The van der Waals surface area contributed by atoms with Gasteiger partial charge in [0.25, 0.3) is 5.91 Å². The van der Waals surface area contributed by atoms with Crippen molar-refractivity contribution < 1.29 is 14.3 Å². The summed E-state index contributed by atoms with van der Waals surface area (Å²) in [6.07, 6.45) is 9.07. The number of hydrogen-bond acceptors (Lipinski definition) is 4. The van der Waals surface area contributed by atoms with Crippen molar-refractivity contribution >= 4 is 17.3 Å². The maximum Gasteiger partial charge on any atom is 0.252 e. The van der Waals surface area contributed by atoms with Crippen LogP contribution in [0.2, 0.25) is 0 Å². The first-order valence-corrected chi connectivity index (χ1v) is 9.55. The molecule has 0 bridgehead atoms. The van der Waals surface area contributed by atoms with Gasteiger partial charge >= 0.3 is 0 Å². The zero-order chi connectivity index (χ0) is 18.6. The van der Waals surface area contributed by atoms with E-state index >= 15 is 0 Å². The number of amides is 1. The van der Waals surface area contributed by atoms with Gasteiger partial charge in [0.2, 0.25) is 6.79 Å². The number of anilines is 1. The topological polar surface area (TPSA) is 51.7 Å². The molecule has 5 heteroatoms. The van der Waals surface area contributed by atoms with E-state index in [-0.39, 0.29) is 18.7 Å². The Morgan fingerprint density at radius 2 is 1.93 bits per heavy atom. The molecule has 0 saturated heterocycles. The molecule has 1 amide bonds. The first-order valence-electron chi connectivity index (χ1n) is 9.55. The van der Waals surface area contributed by atoms with Crippen LogP contribution in [0.15, 0.2) is 48.7 Å². The first-order chi connectivity index (χ1) is 13.2. The van der Waals surface area contributed by atoms with Crippen LogP contribution in [-0.2, 0) is 4.79 Å². The Kier molecular flexibility index (Phi) is 5.10. The minimum atomic E-state index is -0.0178. The largest absolute Gasteiger partial charge is 0.454 e. The number of aromatic nitrogens is 1. The van der Waals surface area contributed by atoms with Gasteiger partial charge < -0.3 is 9.47 Å². The molecule has 1 saturated carbocycles. The lowest BCUT2D eigenvalue weighted by atomic mass is 9.94. The molecule has 2 aromatic rings. The minimum Gasteiger partial charge on any atom is -0.454 e. The second kappa shape index (κ2) is 7.82. The fraction of sp³-hybridized carbons (Fsp3) is 0.364. The van der Waals surface area contributed by atoms with Crippen LogP contribution in [0.25, 0.3) is 5.57 Å². The molecule has 0 spiro atoms. The van der Waals surface area contributed by atoms with Crippen LogP contribution < -0.4 is 14.4 Å². The maximum absolute atomic E-state index is 13.2. The number of benzene rings is 1. The highest BCUT2D eigenvalue weighted by molar-refractivity contribution is 6.05. The van der Waals surface area contributed by atoms with Crippen molar-refractivity contribution in [3.05, 3.63) is 54.2 Å². The zero-order valence-corrected chi connectivity index (χ0v) is 15.6. The number of nitrogens with zero attached hydrogens (tertiary/aromatic N) is 2. The summed E-state index contributed by atoms with van der Waals surface area (Å²) in [5.41, 5.74) is 1.85. The van der Waals surface area contributed by atoms with Crippen LogP contribution in [-0.4, -0.2) is 23.7 Å². The Labute approximate surface area is 159 Å². The summed E-state index contributed by atoms with van der Waals surface area (Å²) in [5.74, 6) is 2.18. The van der Waals surface area contributed by atoms with Crippen molar-refractivity contribution in [1.29, 1.82) is 0 Å². The monoisotopic (exact) mass is 364 g/mol. The van der Waals surface area contributed by atoms with Crippen molar-refractivity contribution in [3.63, 3.8) is 0 Å². The molecule has 140 valence electrons. The Morgan fingerprint density at radius 3 is 2.70 bits per heavy atom. The highest BCUT2D eigenvalue weighted by atomic mass is 16.7. The number of carbonyl (C=O) groups is 1. The average molecular weight is 364 g/mol. The predicted molar refractivity (Wildman–Crippen MR) is 105 cm³/mol. The normalized spacial score (nSPS) is 17.0. The molecule has 27 heavy (non-hydrogen) atoms. The van der Waals surface area contributed by atoms with Crippen molar-refractivity contribution in [2.24, 2.45) is 0 Å². The molecular weight excluding hydrogens is 340 g/mol. The number of fused-ring (bicyclic) bond motifs is 1. The van der Waals surface area contributed by atoms with Crippen molar-refractivity contribution in [3.8, 4) is 11.5 Å². The van der Waals surface area contributed by atoms with E-state index in [1.807, 2.05) is 48.2 Å². The van der Waals surface area contributed by atoms with E-state index < -0.39 is 0 Å². The Hall–Kier alpha value is -2.82. The van der Waals surface area contributed by atoms with Crippen LogP contribution in [0.3, 0.4) is 0 Å². The highest BCUT2D eigenvalue weighted by Crippen LogP contribution is 2.34. The van der Waals surface area contributed by atoms with Crippen LogP contribution in [0, 0.1) is 0 Å². The summed E-state index contributed by atoms with van der Waals surface area (Å²) in [4.78, 5) is 19.5. The number of carbonyl (C=O) groups excluding carboxylic acids is 1. The van der Waals surface area contributed by atoms with Gasteiger partial charge in [-0.3, -0.25) is 9.69 Å². The molecule has 0 radical (unpaired) electrons. The summed E-state index contributed by atoms with van der Waals surface area (Å²) < 4.78 is 10.8. The number of hydrogen-bond donors (Lipinski definition) is 0. The Balaban J connectivity index is 1.61. The van der Waals surface area contributed by atoms with E-state index in [2.05, 4.69) is 4.98 Å². The molecule has 1 aromatic carbocycles. The molecular formula is C22H24N2O3. The molecule has 0 unspecified atom stereocenters. The van der Waals surface area contributed by atoms with E-state index in [0.717, 1.165) is 54.1 Å². The standard InChI is InChI=1S/C22H24N2O3/c1-16(17-10-11-19-20(14-17)27-15-26-19)13-22(25)24(18-7-3-2-4-8-18)21-9-5-6-12-23-21/h5-6,9-14,18H,2-4,7-8,15H2,1H3/b16-13-. The van der Waals surface area contributed by atoms with E-state index in [9.17, 15) is 4.79 Å². The van der Waals surface area contributed by atoms with Gasteiger partial charge in [0.05, 0.1) is 0 Å². The fourth-order valence-corrected chi connectivity index (χ4v) is 3.80. The summed E-state index contributed by atoms with van der Waals surface area (Å²) in [7, 11) is 0. The SMILES string of the molecule is C/C(=C/C(=O)N(c1ccccn1)C1CCCCC1)c1ccc2c(c1)OCO2. The molecule has 0 N–H and O–H groups in total. The third-order valence-corrected chi connectivity index (χ3v) is 5.24. The molecule has 1 aliphatic heterocycles. The van der Waals surface area contributed by atoms with Gasteiger partial charge in [-0.25, -0.2) is 4.98 Å². The zero-order valence-electron chi connectivity index (χ0n) is 15.6. The fourth-order valence-electron chi connectivity index (χ4n) is 3.80. The maximum atomic E-state index is 13.2. The smallest absolute Gasteiger partial charge is 0.252 e. The van der Waals surface area contributed by atoms with Gasteiger partial charge in [-0.2, -0.15) is 0 Å². The number of pyridine rings is 1. The molecule has 2 aliphatic rings. The van der Waals surface area contributed by atoms with Crippen molar-refractivity contribution in [2.75, 3.05) is 11.7 Å². The molecule has 1 fully saturated rings. The molecule has 2 heterocycles. The lowest BCUT2D eigenvalue weighted by molar-refractivity contribution is -0.114. The average Bonchev–Trinajstić information content (AvgIpc) is 3.17. The number of ether oxygens (including phenoxy) is 2. The summed E-state index contributed by atoms with van der Waals surface area (Å²) >= 11 is 0. The second-order valence-electron chi connectivity index (χ2n) is 7.08. The van der Waals surface area contributed by atoms with E-state index in [1.165, 1.54) is 6.42 Å². The van der Waals surface area contributed by atoms with Crippen LogP contribution in [0.5, 0.6) is 11.5 Å². The molecule has 1 aromatic heterocycles. The third kappa shape index (κ3) is 3.82. The minimum absolute atomic E-state index is 0.0178. The summed E-state index contributed by atoms with van der Waals surface area (Å²) in [6, 6.07) is 11.7. The molecule has 4 rings (SSSR count). The Morgan fingerprint density at radius 1 is 1.11 bits per heavy atom. The van der Waals surface area contributed by atoms with Gasteiger partial charge in [0.1, 0.15) is 5.82 Å². The first kappa shape index (κ1) is 17.6. The van der Waals surface area contributed by atoms with Crippen molar-refractivity contribution in [1.82, 2.24) is 4.98 Å². The number of allylic oxidation sites excluding steroid dienone is 1. The van der Waals surface area contributed by atoms with Crippen LogP contribution in [0.4, 0.5) is 5.82 Å². The molecule has 0 atom stereocenters. The second-order valence-corrected chi connectivity index (χ2v) is 7.08. The Bertz CT molecular complexity index is 842. The van der Waals surface area contributed by atoms with Gasteiger partial charge in [-0.15, -0.1) is 0 Å². The lowest BCUT2D eigenvalue weighted by Crippen LogP contribution is -2.41. The van der Waals surface area contributed by atoms with E-state index in [1.54, 1.807) is 12.3 Å². The van der Waals surface area contributed by atoms with Gasteiger partial charge in [0.15, 0.2) is 11.5 Å². The molecule has 5 nitrogen and oxygen atoms in total. The highest BCUT2D eigenvalue weighted by Gasteiger charge is 2.26. The lowest BCUT2D eigenvalue weighted by Gasteiger charge is -2.33. The van der Waals surface area contributed by atoms with Crippen molar-refractivity contribution in [2.45, 2.75) is 45.1 Å². The number of rotatable bonds is 4. The van der Waals surface area contributed by atoms with Gasteiger partial charge in [0, 0.05) is 18.3 Å². The van der Waals surface area contributed by atoms with E-state index in [0.29, 0.717) is 0 Å². The van der Waals surface area contributed by atoms with E-state index in [4.69, 9.17) is 9.47 Å². The van der Waals surface area contributed by atoms with Crippen LogP contribution >= 0.6 is 0 Å². The van der Waals surface area contributed by atoms with Gasteiger partial charge in [-0.1, -0.05) is 31.4 Å². The molecule has 1 aliphatic carbocycles. The third-order valence-electron chi connectivity index (χ3n) is 5.24.